The van der Waals surface area contributed by atoms with Crippen molar-refractivity contribution >= 4 is 65.9 Å². The van der Waals surface area contributed by atoms with Crippen LogP contribution in [0.3, 0.4) is 0 Å². The average molecular weight is 832 g/mol. The molecule has 4 aromatic carbocycles. The second-order valence-corrected chi connectivity index (χ2v) is 17.5. The summed E-state index contributed by atoms with van der Waals surface area (Å²) >= 11 is 0. The smallest absolute Gasteiger partial charge is 0.294 e. The van der Waals surface area contributed by atoms with Crippen LogP contribution in [0.1, 0.15) is 12.8 Å². The Kier molecular flexibility index (Phi) is 10.5. The maximum atomic E-state index is 14.6. The summed E-state index contributed by atoms with van der Waals surface area (Å²) in [5.74, 6) is -1.44. The molecule has 0 unspecified atom stereocenters. The molecule has 0 aromatic heterocycles. The highest BCUT2D eigenvalue weighted by atomic mass is 32.2. The second kappa shape index (κ2) is 15.7. The number of anilines is 2. The Bertz CT molecular complexity index is 2910. The topological polar surface area (TPSA) is 187 Å². The van der Waals surface area contributed by atoms with Crippen molar-refractivity contribution in [3.8, 4) is 22.5 Å². The quantitative estimate of drug-likeness (QED) is 0.0964. The van der Waals surface area contributed by atoms with Gasteiger partial charge in [0.15, 0.2) is 0 Å². The summed E-state index contributed by atoms with van der Waals surface area (Å²) in [6.45, 7) is -0.103. The van der Waals surface area contributed by atoms with Crippen molar-refractivity contribution in [2.24, 2.45) is 10.9 Å². The first kappa shape index (κ1) is 39.4. The molecule has 59 heavy (non-hydrogen) atoms. The van der Waals surface area contributed by atoms with E-state index in [-0.39, 0.29) is 48.3 Å². The summed E-state index contributed by atoms with van der Waals surface area (Å²) in [5.41, 5.74) is 4.20. The molecule has 0 radical (unpaired) electrons. The van der Waals surface area contributed by atoms with Crippen molar-refractivity contribution < 1.29 is 40.2 Å². The van der Waals surface area contributed by atoms with E-state index in [1.54, 1.807) is 49.5 Å². The van der Waals surface area contributed by atoms with Gasteiger partial charge in [0.05, 0.1) is 20.8 Å². The number of carbonyl (C=O) groups is 3. The molecule has 4 aromatic rings. The minimum absolute atomic E-state index is 0.0772. The molecule has 1 fully saturated rings. The van der Waals surface area contributed by atoms with Gasteiger partial charge in [0, 0.05) is 83.8 Å². The molecular weight excluding hydrogens is 795 g/mol. The van der Waals surface area contributed by atoms with E-state index in [0.717, 1.165) is 22.7 Å². The number of benzene rings is 5. The molecule has 3 aliphatic heterocycles. The zero-order valence-electron chi connectivity index (χ0n) is 31.6. The zero-order valence-corrected chi connectivity index (χ0v) is 33.2. The first-order valence-electron chi connectivity index (χ1n) is 18.6. The molecule has 0 atom stereocenters. The van der Waals surface area contributed by atoms with Crippen LogP contribution in [0.4, 0.5) is 17.1 Å². The number of imide groups is 1. The van der Waals surface area contributed by atoms with Gasteiger partial charge >= 0.3 is 0 Å². The third-order valence-electron chi connectivity index (χ3n) is 10.5. The lowest BCUT2D eigenvalue weighted by molar-refractivity contribution is -0.138. The van der Waals surface area contributed by atoms with E-state index in [9.17, 15) is 35.8 Å². The van der Waals surface area contributed by atoms with Crippen molar-refractivity contribution in [3.63, 3.8) is 0 Å². The molecular formula is C43H37N5O9S2. The van der Waals surface area contributed by atoms with Gasteiger partial charge in [-0.25, -0.2) is 13.4 Å². The van der Waals surface area contributed by atoms with E-state index in [2.05, 4.69) is 5.32 Å². The van der Waals surface area contributed by atoms with Gasteiger partial charge in [0.25, 0.3) is 21.9 Å². The fraction of sp³-hybridized carbons (Fsp3) is 0.163. The number of amides is 3. The fourth-order valence-corrected chi connectivity index (χ4v) is 9.51. The summed E-state index contributed by atoms with van der Waals surface area (Å²) in [6.07, 6.45) is 2.76. The lowest BCUT2D eigenvalue weighted by Crippen LogP contribution is -2.46. The Hall–Kier alpha value is -6.46. The van der Waals surface area contributed by atoms with E-state index in [0.29, 0.717) is 50.2 Å². The highest BCUT2D eigenvalue weighted by Crippen LogP contribution is 2.44. The lowest BCUT2D eigenvalue weighted by Gasteiger charge is -2.31. The number of nitrogens with zero attached hydrogens (tertiary/aromatic N) is 4. The monoisotopic (exact) mass is 831 g/mol. The summed E-state index contributed by atoms with van der Waals surface area (Å²) in [6, 6.07) is 33.0. The van der Waals surface area contributed by atoms with Crippen molar-refractivity contribution in [2.75, 3.05) is 31.7 Å². The van der Waals surface area contributed by atoms with Gasteiger partial charge < -0.3 is 14.6 Å². The predicted octanol–water partition coefficient (Wildman–Crippen LogP) is 5.85. The minimum atomic E-state index is -4.37. The molecule has 3 amide bonds. The highest BCUT2D eigenvalue weighted by Gasteiger charge is 2.35. The van der Waals surface area contributed by atoms with Crippen LogP contribution in [-0.2, 0) is 34.5 Å². The van der Waals surface area contributed by atoms with Crippen molar-refractivity contribution in [2.45, 2.75) is 22.6 Å². The van der Waals surface area contributed by atoms with Gasteiger partial charge in [-0.3, -0.25) is 23.8 Å². The number of carbonyl (C=O) groups excluding carboxylic acids is 3. The van der Waals surface area contributed by atoms with Gasteiger partial charge in [-0.15, -0.1) is 0 Å². The number of piperidine rings is 1. The van der Waals surface area contributed by atoms with Crippen LogP contribution >= 0.6 is 0 Å². The molecule has 2 N–H and O–H groups in total. The van der Waals surface area contributed by atoms with Crippen LogP contribution in [0.15, 0.2) is 147 Å². The molecule has 0 saturated carbocycles. The van der Waals surface area contributed by atoms with Gasteiger partial charge in [-0.05, 0) is 79.6 Å². The number of fused-ring (bicyclic) bond motifs is 2. The first-order chi connectivity index (χ1) is 28.3. The second-order valence-electron chi connectivity index (χ2n) is 14.1. The Balaban J connectivity index is 1.16. The number of sulfonamides is 1. The van der Waals surface area contributed by atoms with Crippen molar-refractivity contribution in [1.82, 2.24) is 14.5 Å². The molecule has 300 valence electrons. The highest BCUT2D eigenvalue weighted by molar-refractivity contribution is 7.89. The third kappa shape index (κ3) is 7.90. The standard InChI is InChI=1S/C43H37N5O9S2/c1-46(31-12-15-33(16-13-31)59(54,55)56)32-14-18-35-38(26-32)57-37-25-30(45-29-7-3-2-4-8-29)11-17-34(37)42(35)36-9-5-6-10-39(36)58(52,53)47-23-21-28(22-24-47)43(51)44-27-48-40(49)19-20-41(48)50/h2-20,25-26,28H,21-24,27H2,1H3,(H,44,51)(H,54,55,56)/b45-30+. The maximum absolute atomic E-state index is 14.6. The Morgan fingerprint density at radius 3 is 2.17 bits per heavy atom. The van der Waals surface area contributed by atoms with E-state index in [4.69, 9.17) is 9.41 Å². The van der Waals surface area contributed by atoms with Crippen LogP contribution in [-0.4, -0.2) is 75.1 Å². The predicted molar refractivity (Wildman–Crippen MR) is 220 cm³/mol. The summed E-state index contributed by atoms with van der Waals surface area (Å²) in [7, 11) is -6.69. The Morgan fingerprint density at radius 2 is 1.47 bits per heavy atom. The molecule has 1 aliphatic carbocycles. The van der Waals surface area contributed by atoms with Crippen LogP contribution < -0.4 is 15.6 Å². The number of rotatable bonds is 10. The molecule has 14 nitrogen and oxygen atoms in total. The Morgan fingerprint density at radius 1 is 0.814 bits per heavy atom. The van der Waals surface area contributed by atoms with Crippen LogP contribution in [0.5, 0.6) is 0 Å². The van der Waals surface area contributed by atoms with Crippen LogP contribution in [0.2, 0.25) is 0 Å². The third-order valence-corrected chi connectivity index (χ3v) is 13.3. The normalized spacial score (nSPS) is 15.7. The molecule has 16 heteroatoms. The summed E-state index contributed by atoms with van der Waals surface area (Å²) in [4.78, 5) is 44.2. The summed E-state index contributed by atoms with van der Waals surface area (Å²) in [5, 5.41) is 3.89. The van der Waals surface area contributed by atoms with E-state index in [1.165, 1.54) is 16.4 Å². The van der Waals surface area contributed by atoms with Gasteiger partial charge in [-0.2, -0.15) is 12.7 Å². The minimum Gasteiger partial charge on any atom is -0.456 e. The molecule has 3 heterocycles. The van der Waals surface area contributed by atoms with Crippen molar-refractivity contribution in [3.05, 3.63) is 133 Å². The molecule has 0 spiro atoms. The van der Waals surface area contributed by atoms with Crippen LogP contribution in [0, 0.1) is 5.92 Å². The molecule has 1 saturated heterocycles. The lowest BCUT2D eigenvalue weighted by atomic mass is 9.93. The number of hydrogen-bond donors (Lipinski definition) is 2. The Labute approximate surface area is 339 Å². The van der Waals surface area contributed by atoms with E-state index < -0.39 is 37.9 Å². The first-order valence-corrected chi connectivity index (χ1v) is 21.5. The fourth-order valence-electron chi connectivity index (χ4n) is 7.36. The zero-order chi connectivity index (χ0) is 41.5. The number of nitrogens with one attached hydrogen (secondary N) is 1. The van der Waals surface area contributed by atoms with E-state index >= 15 is 0 Å². The number of hydrogen-bond acceptors (Lipinski definition) is 10. The molecule has 0 bridgehead atoms. The number of para-hydroxylation sites is 1. The largest absolute Gasteiger partial charge is 0.456 e. The van der Waals surface area contributed by atoms with Crippen LogP contribution in [0.25, 0.3) is 33.4 Å². The average Bonchev–Trinajstić information content (AvgIpc) is 3.57. The maximum Gasteiger partial charge on any atom is 0.294 e. The van der Waals surface area contributed by atoms with Crippen molar-refractivity contribution in [1.29, 1.82) is 0 Å². The SMILES string of the molecule is CN(c1ccc(S(=O)(=O)O)cc1)c1ccc2c(-c3ccccc3S(=O)(=O)N3CCC(C(=O)NCN4C(=O)C=CC4=O)CC3)c3cc/c(=N\c4ccccc4)cc-3oc2c1. The van der Waals surface area contributed by atoms with Gasteiger partial charge in [-0.1, -0.05) is 36.4 Å². The van der Waals surface area contributed by atoms with Gasteiger partial charge in [0.2, 0.25) is 15.9 Å². The van der Waals surface area contributed by atoms with E-state index in [1.807, 2.05) is 65.6 Å². The summed E-state index contributed by atoms with van der Waals surface area (Å²) < 4.78 is 69.9. The van der Waals surface area contributed by atoms with Gasteiger partial charge in [0.1, 0.15) is 18.0 Å². The molecule has 4 aliphatic rings. The molecule has 8 rings (SSSR count).